The Balaban J connectivity index is 1.97. The van der Waals surface area contributed by atoms with Gasteiger partial charge in [0.05, 0.1) is 33.6 Å². The Morgan fingerprint density at radius 2 is 1.66 bits per heavy atom. The smallest absolute Gasteiger partial charge is 0.182 e. The number of anilines is 1. The third kappa shape index (κ3) is 5.08. The van der Waals surface area contributed by atoms with E-state index in [2.05, 4.69) is 0 Å². The number of ether oxygens (including phenoxy) is 3. The highest BCUT2D eigenvalue weighted by molar-refractivity contribution is 6.08. The van der Waals surface area contributed by atoms with Crippen LogP contribution < -0.4 is 19.1 Å². The third-order valence-electron chi connectivity index (χ3n) is 5.05. The number of aliphatic imine (C=N–C) groups is 1. The number of hydrogen-bond donors (Lipinski definition) is 0. The van der Waals surface area contributed by atoms with Gasteiger partial charge in [0, 0.05) is 24.6 Å². The summed E-state index contributed by atoms with van der Waals surface area (Å²) < 4.78 is 16.2. The van der Waals surface area contributed by atoms with Crippen molar-refractivity contribution in [2.24, 2.45) is 4.99 Å². The molecule has 0 saturated carbocycles. The summed E-state index contributed by atoms with van der Waals surface area (Å²) in [5.41, 5.74) is 1.42. The van der Waals surface area contributed by atoms with Gasteiger partial charge in [0.1, 0.15) is 23.1 Å². The predicted molar refractivity (Wildman–Crippen MR) is 115 cm³/mol. The van der Waals surface area contributed by atoms with Crippen LogP contribution in [-0.4, -0.2) is 46.0 Å². The molecule has 2 aromatic carbocycles. The fourth-order valence-corrected chi connectivity index (χ4v) is 3.41. The number of hydrogen-bond acceptors (Lipinski definition) is 6. The fourth-order valence-electron chi connectivity index (χ4n) is 3.41. The van der Waals surface area contributed by atoms with Crippen molar-refractivity contribution >= 4 is 17.3 Å². The zero-order valence-corrected chi connectivity index (χ0v) is 17.3. The molecular weight excluding hydrogens is 368 g/mol. The Labute approximate surface area is 172 Å². The van der Waals surface area contributed by atoms with Gasteiger partial charge in [0.25, 0.3) is 0 Å². The number of carbonyl (C=O) groups is 1. The fraction of sp³-hybridized carbons (Fsp3) is 0.391. The van der Waals surface area contributed by atoms with Gasteiger partial charge in [-0.05, 0) is 49.2 Å². The van der Waals surface area contributed by atoms with Gasteiger partial charge in [0.15, 0.2) is 5.78 Å². The zero-order chi connectivity index (χ0) is 20.6. The first-order chi connectivity index (χ1) is 14.2. The van der Waals surface area contributed by atoms with Crippen LogP contribution in [0.5, 0.6) is 17.2 Å². The van der Waals surface area contributed by atoms with Gasteiger partial charge >= 0.3 is 0 Å². The Kier molecular flexibility index (Phi) is 7.11. The largest absolute Gasteiger partial charge is 0.497 e. The van der Waals surface area contributed by atoms with E-state index >= 15 is 0 Å². The molecule has 0 radical (unpaired) electrons. The summed E-state index contributed by atoms with van der Waals surface area (Å²) in [6.07, 6.45) is 4.09. The summed E-state index contributed by atoms with van der Waals surface area (Å²) in [4.78, 5) is 19.9. The average molecular weight is 396 g/mol. The van der Waals surface area contributed by atoms with Crippen molar-refractivity contribution in [2.45, 2.75) is 25.7 Å². The van der Waals surface area contributed by atoms with Crippen LogP contribution in [0.2, 0.25) is 0 Å². The number of methoxy groups -OCH3 is 3. The molecule has 0 N–H and O–H groups in total. The first-order valence-corrected chi connectivity index (χ1v) is 9.86. The number of Topliss-reactive ketones (excluding diaryl/α,β-unsaturated/α-hetero) is 1. The molecule has 0 saturated heterocycles. The van der Waals surface area contributed by atoms with Crippen LogP contribution in [0.15, 0.2) is 47.5 Å². The van der Waals surface area contributed by atoms with E-state index in [4.69, 9.17) is 19.2 Å². The lowest BCUT2D eigenvalue weighted by molar-refractivity contribution is 0.100. The molecule has 1 aliphatic heterocycles. The Hall–Kier alpha value is -3.02. The summed E-state index contributed by atoms with van der Waals surface area (Å²) in [6.45, 7) is 0.948. The molecule has 0 atom stereocenters. The topological polar surface area (TPSA) is 60.4 Å². The molecule has 0 amide bonds. The summed E-state index contributed by atoms with van der Waals surface area (Å²) in [7, 11) is 4.86. The Morgan fingerprint density at radius 3 is 2.34 bits per heavy atom. The van der Waals surface area contributed by atoms with Gasteiger partial charge < -0.3 is 19.1 Å². The van der Waals surface area contributed by atoms with Crippen molar-refractivity contribution in [3.63, 3.8) is 0 Å². The summed E-state index contributed by atoms with van der Waals surface area (Å²) in [5, 5.41) is 0. The second-order valence-electron chi connectivity index (χ2n) is 6.88. The van der Waals surface area contributed by atoms with Crippen molar-refractivity contribution in [3.05, 3.63) is 48.0 Å². The first-order valence-electron chi connectivity index (χ1n) is 9.86. The molecule has 154 valence electrons. The monoisotopic (exact) mass is 396 g/mol. The number of carbonyl (C=O) groups excluding carboxylic acids is 1. The molecule has 0 spiro atoms. The van der Waals surface area contributed by atoms with E-state index in [0.29, 0.717) is 17.1 Å². The molecule has 6 heteroatoms. The van der Waals surface area contributed by atoms with Crippen LogP contribution in [0.4, 0.5) is 5.69 Å². The second-order valence-corrected chi connectivity index (χ2v) is 6.88. The molecule has 1 heterocycles. The number of benzene rings is 2. The minimum absolute atomic E-state index is 0.00414. The molecule has 0 fully saturated rings. The van der Waals surface area contributed by atoms with E-state index in [1.165, 1.54) is 0 Å². The average Bonchev–Trinajstić information content (AvgIpc) is 3.06. The highest BCUT2D eigenvalue weighted by atomic mass is 16.5. The summed E-state index contributed by atoms with van der Waals surface area (Å²) >= 11 is 0. The van der Waals surface area contributed by atoms with E-state index in [-0.39, 0.29) is 12.3 Å². The maximum atomic E-state index is 13.1. The van der Waals surface area contributed by atoms with Gasteiger partial charge in [-0.1, -0.05) is 6.42 Å². The van der Waals surface area contributed by atoms with Crippen LogP contribution in [-0.2, 0) is 0 Å². The van der Waals surface area contributed by atoms with Crippen LogP contribution in [0.1, 0.15) is 36.0 Å². The highest BCUT2D eigenvalue weighted by Crippen LogP contribution is 2.34. The number of amidine groups is 1. The first kappa shape index (κ1) is 20.7. The molecule has 0 bridgehead atoms. The highest BCUT2D eigenvalue weighted by Gasteiger charge is 2.23. The minimum atomic E-state index is 0.00414. The van der Waals surface area contributed by atoms with E-state index in [1.807, 2.05) is 23.1 Å². The van der Waals surface area contributed by atoms with E-state index in [9.17, 15) is 4.79 Å². The minimum Gasteiger partial charge on any atom is -0.497 e. The van der Waals surface area contributed by atoms with Crippen molar-refractivity contribution in [1.29, 1.82) is 0 Å². The number of nitrogens with zero attached hydrogens (tertiary/aromatic N) is 2. The summed E-state index contributed by atoms with van der Waals surface area (Å²) in [5.74, 6) is 3.03. The van der Waals surface area contributed by atoms with E-state index in [1.54, 1.807) is 45.6 Å². The van der Waals surface area contributed by atoms with Crippen molar-refractivity contribution in [1.82, 2.24) is 0 Å². The lowest BCUT2D eigenvalue weighted by Crippen LogP contribution is -2.36. The van der Waals surface area contributed by atoms with Gasteiger partial charge in [-0.2, -0.15) is 0 Å². The van der Waals surface area contributed by atoms with Crippen LogP contribution in [0, 0.1) is 0 Å². The third-order valence-corrected chi connectivity index (χ3v) is 5.05. The molecule has 3 rings (SSSR count). The molecule has 2 aromatic rings. The van der Waals surface area contributed by atoms with Gasteiger partial charge in [-0.15, -0.1) is 0 Å². The van der Waals surface area contributed by atoms with Crippen LogP contribution >= 0.6 is 0 Å². The van der Waals surface area contributed by atoms with Crippen molar-refractivity contribution < 1.29 is 19.0 Å². The SMILES string of the molecule is COc1ccc(C(=O)CN(C2=NCCCCC2)c2cc(OC)ccc2OC)cc1. The maximum absolute atomic E-state index is 13.1. The van der Waals surface area contributed by atoms with Crippen molar-refractivity contribution in [3.8, 4) is 17.2 Å². The second kappa shape index (κ2) is 9.96. The molecule has 0 unspecified atom stereocenters. The molecular formula is C23H28N2O4. The maximum Gasteiger partial charge on any atom is 0.182 e. The molecule has 6 nitrogen and oxygen atoms in total. The predicted octanol–water partition coefficient (Wildman–Crippen LogP) is 4.37. The lowest BCUT2D eigenvalue weighted by atomic mass is 10.1. The lowest BCUT2D eigenvalue weighted by Gasteiger charge is -2.27. The molecule has 0 aromatic heterocycles. The van der Waals surface area contributed by atoms with Crippen LogP contribution in [0.25, 0.3) is 0 Å². The number of ketones is 1. The van der Waals surface area contributed by atoms with Gasteiger partial charge in [0.2, 0.25) is 0 Å². The van der Waals surface area contributed by atoms with Crippen LogP contribution in [0.3, 0.4) is 0 Å². The Bertz CT molecular complexity index is 862. The van der Waals surface area contributed by atoms with E-state index < -0.39 is 0 Å². The van der Waals surface area contributed by atoms with E-state index in [0.717, 1.165) is 49.5 Å². The molecule has 0 aliphatic carbocycles. The molecule has 1 aliphatic rings. The summed E-state index contributed by atoms with van der Waals surface area (Å²) in [6, 6.07) is 12.8. The van der Waals surface area contributed by atoms with Crippen molar-refractivity contribution in [2.75, 3.05) is 39.3 Å². The zero-order valence-electron chi connectivity index (χ0n) is 17.3. The Morgan fingerprint density at radius 1 is 0.931 bits per heavy atom. The van der Waals surface area contributed by atoms with Gasteiger partial charge in [-0.3, -0.25) is 9.79 Å². The van der Waals surface area contributed by atoms with Gasteiger partial charge in [-0.25, -0.2) is 0 Å². The molecule has 29 heavy (non-hydrogen) atoms. The quantitative estimate of drug-likeness (QED) is 0.650. The number of rotatable bonds is 7. The normalized spacial score (nSPS) is 13.8. The standard InChI is InChI=1S/C23H28N2O4/c1-27-18-10-8-17(9-11-18)21(26)16-25(23-7-5-4-6-14-24-23)20-15-19(28-2)12-13-22(20)29-3/h8-13,15H,4-7,14,16H2,1-3H3.